The summed E-state index contributed by atoms with van der Waals surface area (Å²) in [6.07, 6.45) is -1.20. The molecular weight excluding hydrogens is 378 g/mol. The van der Waals surface area contributed by atoms with Crippen LogP contribution in [-0.2, 0) is 15.0 Å². The van der Waals surface area contributed by atoms with Gasteiger partial charge in [-0.2, -0.15) is 12.7 Å². The Morgan fingerprint density at radius 3 is 2.44 bits per heavy atom. The molecule has 0 atom stereocenters. The predicted octanol–water partition coefficient (Wildman–Crippen LogP) is 1.67. The molecule has 1 heterocycles. The summed E-state index contributed by atoms with van der Waals surface area (Å²) in [6, 6.07) is 4.04. The summed E-state index contributed by atoms with van der Waals surface area (Å²) in [6.45, 7) is 4.94. The second-order valence-electron chi connectivity index (χ2n) is 5.76. The molecule has 10 nitrogen and oxygen atoms in total. The second kappa shape index (κ2) is 8.44. The van der Waals surface area contributed by atoms with Gasteiger partial charge < -0.3 is 18.6 Å². The monoisotopic (exact) mass is 401 g/mol. The minimum absolute atomic E-state index is 0.0268. The first-order valence-electron chi connectivity index (χ1n) is 8.36. The third-order valence-corrected chi connectivity index (χ3v) is 5.15. The van der Waals surface area contributed by atoms with Crippen LogP contribution >= 0.6 is 0 Å². The van der Waals surface area contributed by atoms with Gasteiger partial charge in [-0.05, 0) is 26.0 Å². The molecule has 0 N–H and O–H groups in total. The van der Waals surface area contributed by atoms with E-state index in [0.717, 1.165) is 4.31 Å². The van der Waals surface area contributed by atoms with E-state index in [1.54, 1.807) is 0 Å². The maximum Gasteiger partial charge on any atom is 0.415 e. The van der Waals surface area contributed by atoms with Crippen LogP contribution in [0.15, 0.2) is 18.2 Å². The lowest BCUT2D eigenvalue weighted by atomic mass is 10.2. The molecule has 27 heavy (non-hydrogen) atoms. The Balaban J connectivity index is 2.38. The SMILES string of the molecule is CCN(CC)C(=O)Oc1ccc(OS(=O)(=O)N(C)C)cc1N1CCOC1=O. The first-order valence-corrected chi connectivity index (χ1v) is 9.73. The third-order valence-electron chi connectivity index (χ3n) is 3.85. The van der Waals surface area contributed by atoms with E-state index in [4.69, 9.17) is 13.7 Å². The van der Waals surface area contributed by atoms with Crippen LogP contribution in [0.4, 0.5) is 15.3 Å². The summed E-state index contributed by atoms with van der Waals surface area (Å²) in [5, 5.41) is 0. The van der Waals surface area contributed by atoms with Crippen molar-refractivity contribution in [1.29, 1.82) is 0 Å². The smallest absolute Gasteiger partial charge is 0.415 e. The number of amides is 2. The first kappa shape index (κ1) is 20.8. The third kappa shape index (κ3) is 4.80. The number of carbonyl (C=O) groups is 2. The summed E-state index contributed by atoms with van der Waals surface area (Å²) < 4.78 is 40.1. The van der Waals surface area contributed by atoms with E-state index in [9.17, 15) is 18.0 Å². The summed E-state index contributed by atoms with van der Waals surface area (Å²) in [7, 11) is -1.32. The zero-order valence-corrected chi connectivity index (χ0v) is 16.5. The van der Waals surface area contributed by atoms with Gasteiger partial charge >= 0.3 is 22.5 Å². The fourth-order valence-electron chi connectivity index (χ4n) is 2.30. The normalized spacial score (nSPS) is 14.3. The number of carbonyl (C=O) groups excluding carboxylic acids is 2. The van der Waals surface area contributed by atoms with Gasteiger partial charge in [0, 0.05) is 33.3 Å². The summed E-state index contributed by atoms with van der Waals surface area (Å²) in [4.78, 5) is 26.9. The van der Waals surface area contributed by atoms with Crippen molar-refractivity contribution in [2.75, 3.05) is 45.2 Å². The Kier molecular flexibility index (Phi) is 6.50. The minimum atomic E-state index is -3.98. The van der Waals surface area contributed by atoms with Crippen molar-refractivity contribution in [3.8, 4) is 11.5 Å². The second-order valence-corrected chi connectivity index (χ2v) is 7.51. The number of rotatable bonds is 7. The quantitative estimate of drug-likeness (QED) is 0.684. The molecule has 1 saturated heterocycles. The van der Waals surface area contributed by atoms with Crippen LogP contribution in [0.3, 0.4) is 0 Å². The molecule has 2 amide bonds. The fourth-order valence-corrected chi connectivity index (χ4v) is 2.79. The topological polar surface area (TPSA) is 106 Å². The maximum absolute atomic E-state index is 12.3. The molecule has 0 saturated carbocycles. The number of hydrogen-bond acceptors (Lipinski definition) is 7. The van der Waals surface area contributed by atoms with Crippen molar-refractivity contribution in [3.63, 3.8) is 0 Å². The van der Waals surface area contributed by atoms with Gasteiger partial charge in [0.1, 0.15) is 12.4 Å². The van der Waals surface area contributed by atoms with E-state index in [2.05, 4.69) is 0 Å². The van der Waals surface area contributed by atoms with Crippen LogP contribution in [-0.4, -0.2) is 70.1 Å². The molecule has 150 valence electrons. The molecule has 1 aromatic carbocycles. The van der Waals surface area contributed by atoms with Gasteiger partial charge in [-0.15, -0.1) is 0 Å². The lowest BCUT2D eigenvalue weighted by Crippen LogP contribution is -2.34. The van der Waals surface area contributed by atoms with Crippen molar-refractivity contribution in [1.82, 2.24) is 9.21 Å². The molecule has 1 fully saturated rings. The first-order chi connectivity index (χ1) is 12.7. The molecule has 0 aromatic heterocycles. The largest absolute Gasteiger partial charge is 0.447 e. The molecule has 2 rings (SSSR count). The van der Waals surface area contributed by atoms with Gasteiger partial charge in [0.05, 0.1) is 12.2 Å². The number of hydrogen-bond donors (Lipinski definition) is 0. The van der Waals surface area contributed by atoms with Gasteiger partial charge in [0.2, 0.25) is 0 Å². The maximum atomic E-state index is 12.3. The average molecular weight is 401 g/mol. The summed E-state index contributed by atoms with van der Waals surface area (Å²) in [5.41, 5.74) is 0.185. The molecular formula is C16H23N3O7S. The van der Waals surface area contributed by atoms with Gasteiger partial charge in [-0.25, -0.2) is 9.59 Å². The average Bonchev–Trinajstić information content (AvgIpc) is 3.02. The lowest BCUT2D eigenvalue weighted by molar-refractivity contribution is 0.157. The minimum Gasteiger partial charge on any atom is -0.447 e. The van der Waals surface area contributed by atoms with Crippen LogP contribution < -0.4 is 13.8 Å². The van der Waals surface area contributed by atoms with Crippen LogP contribution in [0.5, 0.6) is 11.5 Å². The molecule has 11 heteroatoms. The summed E-state index contributed by atoms with van der Waals surface area (Å²) in [5.74, 6) is 0.0707. The molecule has 0 bridgehead atoms. The van der Waals surface area contributed by atoms with Crippen molar-refractivity contribution in [2.24, 2.45) is 0 Å². The number of nitrogens with zero attached hydrogens (tertiary/aromatic N) is 3. The van der Waals surface area contributed by atoms with E-state index in [-0.39, 0.29) is 30.3 Å². The van der Waals surface area contributed by atoms with Crippen LogP contribution in [0.25, 0.3) is 0 Å². The van der Waals surface area contributed by atoms with Gasteiger partial charge in [0.25, 0.3) is 0 Å². The van der Waals surface area contributed by atoms with E-state index in [1.165, 1.54) is 42.1 Å². The van der Waals surface area contributed by atoms with E-state index >= 15 is 0 Å². The fraction of sp³-hybridized carbons (Fsp3) is 0.500. The molecule has 0 radical (unpaired) electrons. The molecule has 1 aliphatic heterocycles. The molecule has 1 aliphatic rings. The Labute approximate surface area is 158 Å². The number of anilines is 1. The van der Waals surface area contributed by atoms with E-state index in [1.807, 2.05) is 13.8 Å². The van der Waals surface area contributed by atoms with Crippen molar-refractivity contribution >= 4 is 28.2 Å². The number of ether oxygens (including phenoxy) is 2. The Bertz CT molecular complexity index is 806. The Morgan fingerprint density at radius 1 is 1.26 bits per heavy atom. The summed E-state index contributed by atoms with van der Waals surface area (Å²) >= 11 is 0. The van der Waals surface area contributed by atoms with Crippen molar-refractivity contribution in [3.05, 3.63) is 18.2 Å². The van der Waals surface area contributed by atoms with Crippen LogP contribution in [0, 0.1) is 0 Å². The highest BCUT2D eigenvalue weighted by Gasteiger charge is 2.29. The molecule has 0 aliphatic carbocycles. The van der Waals surface area contributed by atoms with Crippen molar-refractivity contribution < 1.29 is 31.7 Å². The highest BCUT2D eigenvalue weighted by atomic mass is 32.2. The molecule has 1 aromatic rings. The van der Waals surface area contributed by atoms with Crippen LogP contribution in [0.2, 0.25) is 0 Å². The zero-order chi connectivity index (χ0) is 20.2. The predicted molar refractivity (Wildman–Crippen MR) is 97.3 cm³/mol. The lowest BCUT2D eigenvalue weighted by Gasteiger charge is -2.22. The van der Waals surface area contributed by atoms with E-state index in [0.29, 0.717) is 13.1 Å². The number of benzene rings is 1. The zero-order valence-electron chi connectivity index (χ0n) is 15.7. The van der Waals surface area contributed by atoms with Gasteiger partial charge in [0.15, 0.2) is 5.75 Å². The molecule has 0 unspecified atom stereocenters. The Morgan fingerprint density at radius 2 is 1.93 bits per heavy atom. The standard InChI is InChI=1S/C16H23N3O7S/c1-5-18(6-2)15(20)25-14-8-7-12(26-27(22,23)17(3)4)11-13(14)19-9-10-24-16(19)21/h7-8,11H,5-6,9-10H2,1-4H3. The Hall–Kier alpha value is -2.53. The highest BCUT2D eigenvalue weighted by Crippen LogP contribution is 2.35. The van der Waals surface area contributed by atoms with Gasteiger partial charge in [-0.1, -0.05) is 0 Å². The van der Waals surface area contributed by atoms with Crippen LogP contribution in [0.1, 0.15) is 13.8 Å². The highest BCUT2D eigenvalue weighted by molar-refractivity contribution is 7.84. The van der Waals surface area contributed by atoms with E-state index < -0.39 is 22.5 Å². The van der Waals surface area contributed by atoms with Crippen molar-refractivity contribution in [2.45, 2.75) is 13.8 Å². The van der Waals surface area contributed by atoms with Gasteiger partial charge in [-0.3, -0.25) is 4.90 Å². The molecule has 0 spiro atoms. The number of cyclic esters (lactones) is 1.